The van der Waals surface area contributed by atoms with E-state index >= 15 is 0 Å². The fourth-order valence-electron chi connectivity index (χ4n) is 3.12. The Bertz CT molecular complexity index is 1190. The van der Waals surface area contributed by atoms with E-state index in [2.05, 4.69) is 5.32 Å². The minimum absolute atomic E-state index is 0.0329. The van der Waals surface area contributed by atoms with Crippen LogP contribution in [0.3, 0.4) is 0 Å². The monoisotopic (exact) mass is 432 g/mol. The molecule has 1 fully saturated rings. The molecule has 1 aliphatic heterocycles. The number of hydrogen-bond acceptors (Lipinski definition) is 4. The minimum atomic E-state index is -0.562. The van der Waals surface area contributed by atoms with E-state index in [1.165, 1.54) is 23.1 Å². The highest BCUT2D eigenvalue weighted by molar-refractivity contribution is 7.80. The van der Waals surface area contributed by atoms with Crippen molar-refractivity contribution < 1.29 is 18.7 Å². The van der Waals surface area contributed by atoms with Crippen LogP contribution in [0.2, 0.25) is 0 Å². The first kappa shape index (κ1) is 20.4. The quantitative estimate of drug-likeness (QED) is 0.372. The van der Waals surface area contributed by atoms with Crippen LogP contribution in [-0.4, -0.2) is 16.9 Å². The SMILES string of the molecule is O=C1NC(=S)N(c2ccccc2)C(=O)/C1=C/c1cccc(OCc2cccc(F)c2)c1. The molecule has 0 unspecified atom stereocenters. The van der Waals surface area contributed by atoms with Gasteiger partial charge >= 0.3 is 0 Å². The number of ether oxygens (including phenoxy) is 1. The molecule has 0 aromatic heterocycles. The minimum Gasteiger partial charge on any atom is -0.489 e. The average Bonchev–Trinajstić information content (AvgIpc) is 2.76. The molecule has 0 spiro atoms. The molecule has 3 aromatic rings. The number of para-hydroxylation sites is 1. The topological polar surface area (TPSA) is 58.6 Å². The van der Waals surface area contributed by atoms with Crippen LogP contribution in [0.5, 0.6) is 5.75 Å². The Kier molecular flexibility index (Phi) is 5.86. The van der Waals surface area contributed by atoms with Gasteiger partial charge in [0.15, 0.2) is 5.11 Å². The first-order valence-electron chi connectivity index (χ1n) is 9.45. The van der Waals surface area contributed by atoms with Crippen molar-refractivity contribution in [3.05, 3.63) is 101 Å². The standard InChI is InChI=1S/C24H17FN2O3S/c25-18-8-4-7-17(12-18)15-30-20-11-5-6-16(13-20)14-21-22(28)26-24(31)27(23(21)29)19-9-2-1-3-10-19/h1-14H,15H2,(H,26,28,31)/b21-14+. The number of carbonyl (C=O) groups is 2. The number of thiocarbonyl (C=S) groups is 1. The molecule has 1 saturated heterocycles. The highest BCUT2D eigenvalue weighted by Crippen LogP contribution is 2.23. The summed E-state index contributed by atoms with van der Waals surface area (Å²) in [6, 6.07) is 22.0. The Morgan fingerprint density at radius 1 is 0.968 bits per heavy atom. The summed E-state index contributed by atoms with van der Waals surface area (Å²) in [6.07, 6.45) is 1.49. The van der Waals surface area contributed by atoms with Crippen molar-refractivity contribution in [1.29, 1.82) is 0 Å². The molecule has 7 heteroatoms. The first-order chi connectivity index (χ1) is 15.0. The zero-order valence-electron chi connectivity index (χ0n) is 16.2. The summed E-state index contributed by atoms with van der Waals surface area (Å²) in [5.74, 6) is -0.876. The molecule has 0 aliphatic carbocycles. The fourth-order valence-corrected chi connectivity index (χ4v) is 3.40. The van der Waals surface area contributed by atoms with Crippen LogP contribution >= 0.6 is 12.2 Å². The van der Waals surface area contributed by atoms with Crippen molar-refractivity contribution in [2.45, 2.75) is 6.61 Å². The maximum absolute atomic E-state index is 13.3. The summed E-state index contributed by atoms with van der Waals surface area (Å²) in [5.41, 5.74) is 1.82. The van der Waals surface area contributed by atoms with Crippen LogP contribution in [0, 0.1) is 5.82 Å². The van der Waals surface area contributed by atoms with Gasteiger partial charge in [0.05, 0.1) is 5.69 Å². The van der Waals surface area contributed by atoms with Gasteiger partial charge in [0.1, 0.15) is 23.7 Å². The zero-order valence-corrected chi connectivity index (χ0v) is 17.1. The molecular weight excluding hydrogens is 415 g/mol. The van der Waals surface area contributed by atoms with E-state index in [0.29, 0.717) is 22.6 Å². The van der Waals surface area contributed by atoms with Gasteiger partial charge in [0.2, 0.25) is 0 Å². The molecule has 154 valence electrons. The Hall–Kier alpha value is -3.84. The molecule has 0 radical (unpaired) electrons. The number of nitrogens with zero attached hydrogens (tertiary/aromatic N) is 1. The van der Waals surface area contributed by atoms with Crippen molar-refractivity contribution in [3.8, 4) is 5.75 Å². The van der Waals surface area contributed by atoms with Crippen molar-refractivity contribution in [3.63, 3.8) is 0 Å². The summed E-state index contributed by atoms with van der Waals surface area (Å²) in [6.45, 7) is 0.188. The third-order valence-corrected chi connectivity index (χ3v) is 4.86. The Labute approximate surface area is 183 Å². The number of benzene rings is 3. The second-order valence-electron chi connectivity index (χ2n) is 6.78. The summed E-state index contributed by atoms with van der Waals surface area (Å²) < 4.78 is 19.1. The fraction of sp³-hybridized carbons (Fsp3) is 0.0417. The third-order valence-electron chi connectivity index (χ3n) is 4.58. The van der Waals surface area contributed by atoms with Gasteiger partial charge in [-0.05, 0) is 65.8 Å². The highest BCUT2D eigenvalue weighted by Gasteiger charge is 2.34. The number of amides is 2. The molecule has 1 heterocycles. The van der Waals surface area contributed by atoms with Crippen LogP contribution in [0.1, 0.15) is 11.1 Å². The van der Waals surface area contributed by atoms with Gasteiger partial charge in [-0.25, -0.2) is 4.39 Å². The number of anilines is 1. The Morgan fingerprint density at radius 2 is 1.74 bits per heavy atom. The van der Waals surface area contributed by atoms with Gasteiger partial charge in [0, 0.05) is 0 Å². The van der Waals surface area contributed by atoms with Crippen LogP contribution < -0.4 is 15.0 Å². The predicted molar refractivity (Wildman–Crippen MR) is 120 cm³/mol. The molecule has 0 saturated carbocycles. The highest BCUT2D eigenvalue weighted by atomic mass is 32.1. The number of nitrogens with one attached hydrogen (secondary N) is 1. The number of carbonyl (C=O) groups excluding carboxylic acids is 2. The van der Waals surface area contributed by atoms with Crippen molar-refractivity contribution >= 4 is 40.9 Å². The first-order valence-corrected chi connectivity index (χ1v) is 9.86. The molecule has 3 aromatic carbocycles. The van der Waals surface area contributed by atoms with Crippen LogP contribution in [0.4, 0.5) is 10.1 Å². The number of halogens is 1. The lowest BCUT2D eigenvalue weighted by molar-refractivity contribution is -0.122. The molecule has 0 bridgehead atoms. The van der Waals surface area contributed by atoms with Crippen LogP contribution in [0.15, 0.2) is 84.4 Å². The van der Waals surface area contributed by atoms with E-state index in [1.54, 1.807) is 60.7 Å². The summed E-state index contributed by atoms with van der Waals surface area (Å²) >= 11 is 5.19. The molecule has 5 nitrogen and oxygen atoms in total. The molecule has 1 N–H and O–H groups in total. The van der Waals surface area contributed by atoms with Gasteiger partial charge in [0.25, 0.3) is 11.8 Å². The lowest BCUT2D eigenvalue weighted by Gasteiger charge is -2.28. The molecule has 31 heavy (non-hydrogen) atoms. The van der Waals surface area contributed by atoms with Crippen molar-refractivity contribution in [1.82, 2.24) is 5.32 Å². The second kappa shape index (κ2) is 8.89. The van der Waals surface area contributed by atoms with E-state index in [-0.39, 0.29) is 23.1 Å². The van der Waals surface area contributed by atoms with Crippen molar-refractivity contribution in [2.24, 2.45) is 0 Å². The van der Waals surface area contributed by atoms with Gasteiger partial charge in [-0.2, -0.15) is 0 Å². The van der Waals surface area contributed by atoms with Crippen molar-refractivity contribution in [2.75, 3.05) is 4.90 Å². The van der Waals surface area contributed by atoms with Gasteiger partial charge in [-0.1, -0.05) is 42.5 Å². The Balaban J connectivity index is 1.57. The second-order valence-corrected chi connectivity index (χ2v) is 7.17. The summed E-state index contributed by atoms with van der Waals surface area (Å²) in [4.78, 5) is 26.7. The zero-order chi connectivity index (χ0) is 21.8. The number of rotatable bonds is 5. The van der Waals surface area contributed by atoms with Crippen LogP contribution in [0.25, 0.3) is 6.08 Å². The smallest absolute Gasteiger partial charge is 0.270 e. The maximum atomic E-state index is 13.3. The maximum Gasteiger partial charge on any atom is 0.270 e. The predicted octanol–water partition coefficient (Wildman–Crippen LogP) is 4.24. The third kappa shape index (κ3) is 4.67. The average molecular weight is 432 g/mol. The molecular formula is C24H17FN2O3S. The van der Waals surface area contributed by atoms with E-state index in [9.17, 15) is 14.0 Å². The largest absolute Gasteiger partial charge is 0.489 e. The van der Waals surface area contributed by atoms with E-state index in [4.69, 9.17) is 17.0 Å². The van der Waals surface area contributed by atoms with E-state index in [0.717, 1.165) is 0 Å². The number of hydrogen-bond donors (Lipinski definition) is 1. The molecule has 0 atom stereocenters. The molecule has 1 aliphatic rings. The van der Waals surface area contributed by atoms with E-state index in [1.807, 2.05) is 6.07 Å². The Morgan fingerprint density at radius 3 is 2.52 bits per heavy atom. The van der Waals surface area contributed by atoms with Gasteiger partial charge in [-0.15, -0.1) is 0 Å². The lowest BCUT2D eigenvalue weighted by Crippen LogP contribution is -2.54. The molecule has 4 rings (SSSR count). The van der Waals surface area contributed by atoms with Crippen LogP contribution in [-0.2, 0) is 16.2 Å². The summed E-state index contributed by atoms with van der Waals surface area (Å²) in [7, 11) is 0. The summed E-state index contributed by atoms with van der Waals surface area (Å²) in [5, 5.41) is 2.59. The molecule has 2 amide bonds. The van der Waals surface area contributed by atoms with Gasteiger partial charge < -0.3 is 4.74 Å². The van der Waals surface area contributed by atoms with Gasteiger partial charge in [-0.3, -0.25) is 19.8 Å². The van der Waals surface area contributed by atoms with E-state index < -0.39 is 11.8 Å². The lowest BCUT2D eigenvalue weighted by atomic mass is 10.1. The normalized spacial score (nSPS) is 15.2.